The van der Waals surface area contributed by atoms with Crippen LogP contribution >= 0.6 is 23.1 Å². The Labute approximate surface area is 187 Å². The summed E-state index contributed by atoms with van der Waals surface area (Å²) in [4.78, 5) is 12.9. The maximum absolute atomic E-state index is 13.8. The molecule has 0 aliphatic rings. The lowest BCUT2D eigenvalue weighted by atomic mass is 10.1. The van der Waals surface area contributed by atoms with Crippen molar-refractivity contribution < 1.29 is 22.7 Å². The van der Waals surface area contributed by atoms with Crippen molar-refractivity contribution in [3.63, 3.8) is 0 Å². The molecule has 0 bridgehead atoms. The number of carboxylic acid groups (broad SMARTS) is 1. The maximum atomic E-state index is 13.8. The number of aryl methyl sites for hydroxylation is 1. The minimum Gasteiger partial charge on any atom is -0.481 e. The van der Waals surface area contributed by atoms with E-state index in [4.69, 9.17) is 5.11 Å². The number of rotatable bonds is 7. The first-order chi connectivity index (χ1) is 14.8. The average molecular weight is 476 g/mol. The zero-order valence-electron chi connectivity index (χ0n) is 16.4. The van der Waals surface area contributed by atoms with Gasteiger partial charge in [0.25, 0.3) is 10.0 Å². The Hall–Kier alpha value is -2.62. The molecule has 0 aliphatic heterocycles. The molecule has 0 fully saturated rings. The van der Waals surface area contributed by atoms with Crippen LogP contribution in [-0.4, -0.2) is 29.7 Å². The van der Waals surface area contributed by atoms with E-state index in [1.54, 1.807) is 23.9 Å². The normalized spacial score (nSPS) is 11.8. The summed E-state index contributed by atoms with van der Waals surface area (Å²) in [5.41, 5.74) is 1.72. The summed E-state index contributed by atoms with van der Waals surface area (Å²) in [6.45, 7) is 0. The van der Waals surface area contributed by atoms with Gasteiger partial charge in [0.2, 0.25) is 0 Å². The van der Waals surface area contributed by atoms with E-state index in [0.717, 1.165) is 30.6 Å². The van der Waals surface area contributed by atoms with Gasteiger partial charge in [-0.05, 0) is 66.3 Å². The van der Waals surface area contributed by atoms with Crippen molar-refractivity contribution in [3.05, 3.63) is 72.2 Å². The molecular weight excluding hydrogens is 457 g/mol. The highest BCUT2D eigenvalue weighted by Gasteiger charge is 2.24. The van der Waals surface area contributed by atoms with Crippen molar-refractivity contribution in [2.24, 2.45) is 0 Å². The van der Waals surface area contributed by atoms with E-state index in [0.29, 0.717) is 16.5 Å². The Bertz CT molecular complexity index is 1370. The molecule has 9 heteroatoms. The van der Waals surface area contributed by atoms with E-state index >= 15 is 0 Å². The molecule has 4 rings (SSSR count). The van der Waals surface area contributed by atoms with Crippen LogP contribution in [0.25, 0.3) is 21.3 Å². The van der Waals surface area contributed by atoms with Gasteiger partial charge in [-0.3, -0.25) is 4.79 Å². The van der Waals surface area contributed by atoms with Crippen molar-refractivity contribution in [3.8, 4) is 10.4 Å². The summed E-state index contributed by atoms with van der Waals surface area (Å²) in [7, 11) is -3.93. The van der Waals surface area contributed by atoms with Gasteiger partial charge >= 0.3 is 5.97 Å². The van der Waals surface area contributed by atoms with E-state index in [9.17, 15) is 17.6 Å². The van der Waals surface area contributed by atoms with Gasteiger partial charge in [-0.25, -0.2) is 8.36 Å². The van der Waals surface area contributed by atoms with E-state index < -0.39 is 21.8 Å². The quantitative estimate of drug-likeness (QED) is 0.358. The first kappa shape index (κ1) is 21.6. The largest absolute Gasteiger partial charge is 0.481 e. The van der Waals surface area contributed by atoms with Crippen LogP contribution in [0.1, 0.15) is 12.0 Å². The van der Waals surface area contributed by atoms with E-state index in [1.165, 1.54) is 24.4 Å². The molecule has 0 aliphatic carbocycles. The number of thiophene rings is 1. The third kappa shape index (κ3) is 4.26. The number of carbonyl (C=O) groups is 1. The lowest BCUT2D eigenvalue weighted by Crippen LogP contribution is -2.10. The van der Waals surface area contributed by atoms with Crippen molar-refractivity contribution >= 4 is 50.0 Å². The summed E-state index contributed by atoms with van der Waals surface area (Å²) in [6.07, 6.45) is 3.32. The molecule has 0 spiro atoms. The number of halogens is 1. The van der Waals surface area contributed by atoms with Crippen molar-refractivity contribution in [2.75, 3.05) is 6.26 Å². The van der Waals surface area contributed by atoms with E-state index in [1.807, 2.05) is 30.5 Å². The van der Waals surface area contributed by atoms with Gasteiger partial charge in [0.05, 0.1) is 5.52 Å². The lowest BCUT2D eigenvalue weighted by molar-refractivity contribution is -0.136. The van der Waals surface area contributed by atoms with Gasteiger partial charge in [0.1, 0.15) is 10.0 Å². The smallest absolute Gasteiger partial charge is 0.303 e. The molecular formula is C22H18FNO4S3. The number of hydrogen-bond acceptors (Lipinski definition) is 5. The molecule has 4 aromatic rings. The number of carboxylic acids is 1. The van der Waals surface area contributed by atoms with Gasteiger partial charge in [-0.1, -0.05) is 12.1 Å². The van der Waals surface area contributed by atoms with Gasteiger partial charge < -0.3 is 5.11 Å². The molecule has 1 N–H and O–H groups in total. The van der Waals surface area contributed by atoms with Crippen molar-refractivity contribution in [1.29, 1.82) is 0 Å². The van der Waals surface area contributed by atoms with Crippen molar-refractivity contribution in [1.82, 2.24) is 3.97 Å². The molecule has 31 heavy (non-hydrogen) atoms. The lowest BCUT2D eigenvalue weighted by Gasteiger charge is -2.05. The van der Waals surface area contributed by atoms with E-state index in [-0.39, 0.29) is 17.1 Å². The maximum Gasteiger partial charge on any atom is 0.303 e. The molecule has 0 unspecified atom stereocenters. The summed E-state index contributed by atoms with van der Waals surface area (Å²) in [5, 5.41) is 9.39. The highest BCUT2D eigenvalue weighted by molar-refractivity contribution is 7.98. The minimum absolute atomic E-state index is 0.106. The van der Waals surface area contributed by atoms with Crippen LogP contribution in [0.5, 0.6) is 0 Å². The number of benzene rings is 2. The predicted molar refractivity (Wildman–Crippen MR) is 122 cm³/mol. The molecule has 2 heterocycles. The molecule has 0 radical (unpaired) electrons. The third-order valence-corrected chi connectivity index (χ3v) is 8.91. The van der Waals surface area contributed by atoms with Crippen LogP contribution in [0.15, 0.2) is 69.9 Å². The highest BCUT2D eigenvalue weighted by Crippen LogP contribution is 2.35. The monoisotopic (exact) mass is 475 g/mol. The molecule has 2 aromatic carbocycles. The Kier molecular flexibility index (Phi) is 5.92. The van der Waals surface area contributed by atoms with Crippen molar-refractivity contribution in [2.45, 2.75) is 21.9 Å². The second-order valence-electron chi connectivity index (χ2n) is 6.86. The summed E-state index contributed by atoms with van der Waals surface area (Å²) in [5.74, 6) is -1.51. The zero-order chi connectivity index (χ0) is 22.2. The van der Waals surface area contributed by atoms with Gasteiger partial charge in [-0.15, -0.1) is 23.1 Å². The molecule has 2 aromatic heterocycles. The van der Waals surface area contributed by atoms with Gasteiger partial charge in [0.15, 0.2) is 0 Å². The first-order valence-corrected chi connectivity index (χ1v) is 12.8. The molecule has 0 atom stereocenters. The standard InChI is InChI=1S/C22H18FNO4S3/c1-29-17-6-2-14(3-7-17)20-9-11-22(30-20)31(27,28)24-13-15(4-10-21(25)26)18-12-16(23)5-8-19(18)24/h2-3,5-9,11-13H,4,10H2,1H3,(H,25,26). The number of aliphatic carboxylic acids is 1. The summed E-state index contributed by atoms with van der Waals surface area (Å²) < 4.78 is 41.9. The minimum atomic E-state index is -3.93. The molecule has 160 valence electrons. The zero-order valence-corrected chi connectivity index (χ0v) is 18.9. The predicted octanol–water partition coefficient (Wildman–Crippen LogP) is 5.49. The summed E-state index contributed by atoms with van der Waals surface area (Å²) in [6, 6.07) is 15.0. The third-order valence-electron chi connectivity index (χ3n) is 4.89. The Morgan fingerprint density at radius 1 is 1.13 bits per heavy atom. The van der Waals surface area contributed by atoms with Crippen LogP contribution in [0.2, 0.25) is 0 Å². The molecule has 0 saturated carbocycles. The number of nitrogens with zero attached hydrogens (tertiary/aromatic N) is 1. The van der Waals surface area contributed by atoms with Crippen LogP contribution in [-0.2, 0) is 21.2 Å². The average Bonchev–Trinajstić information content (AvgIpc) is 3.38. The van der Waals surface area contributed by atoms with Gasteiger partial charge in [-0.2, -0.15) is 8.42 Å². The highest BCUT2D eigenvalue weighted by atomic mass is 32.2. The second kappa shape index (κ2) is 8.49. The molecule has 0 amide bonds. The Morgan fingerprint density at radius 2 is 1.87 bits per heavy atom. The Morgan fingerprint density at radius 3 is 2.55 bits per heavy atom. The van der Waals surface area contributed by atoms with Crippen LogP contribution in [0, 0.1) is 5.82 Å². The van der Waals surface area contributed by atoms with Crippen LogP contribution in [0.4, 0.5) is 4.39 Å². The number of aromatic nitrogens is 1. The summed E-state index contributed by atoms with van der Waals surface area (Å²) >= 11 is 2.79. The van der Waals surface area contributed by atoms with E-state index in [2.05, 4.69) is 0 Å². The SMILES string of the molecule is CSc1ccc(-c2ccc(S(=O)(=O)n3cc(CCC(=O)O)c4cc(F)ccc43)s2)cc1. The molecule has 0 saturated heterocycles. The van der Waals surface area contributed by atoms with Crippen LogP contribution < -0.4 is 0 Å². The number of fused-ring (bicyclic) bond motifs is 1. The molecule has 5 nitrogen and oxygen atoms in total. The number of thioether (sulfide) groups is 1. The fraction of sp³-hybridized carbons (Fsp3) is 0.136. The first-order valence-electron chi connectivity index (χ1n) is 9.31. The van der Waals surface area contributed by atoms with Gasteiger partial charge in [0, 0.05) is 27.8 Å². The van der Waals surface area contributed by atoms with Crippen LogP contribution in [0.3, 0.4) is 0 Å². The number of hydrogen-bond donors (Lipinski definition) is 1. The second-order valence-corrected chi connectivity index (χ2v) is 10.9. The fourth-order valence-electron chi connectivity index (χ4n) is 3.34. The topological polar surface area (TPSA) is 76.4 Å². The fourth-order valence-corrected chi connectivity index (χ4v) is 6.54. The Balaban J connectivity index is 1.76.